The van der Waals surface area contributed by atoms with Crippen LogP contribution in [0.15, 0.2) is 42.9 Å². The molecule has 3 heterocycles. The van der Waals surface area contributed by atoms with Crippen molar-refractivity contribution in [1.82, 2.24) is 15.0 Å². The molecule has 4 heteroatoms. The Morgan fingerprint density at radius 3 is 3.09 bits per heavy atom. The molecule has 1 saturated heterocycles. The van der Waals surface area contributed by atoms with E-state index in [0.29, 0.717) is 5.92 Å². The summed E-state index contributed by atoms with van der Waals surface area (Å²) < 4.78 is 0. The molecule has 2 aromatic heterocycles. The molecule has 0 bridgehead atoms. The summed E-state index contributed by atoms with van der Waals surface area (Å²) in [6.45, 7) is 4.26. The van der Waals surface area contributed by atoms with Crippen LogP contribution in [0.2, 0.25) is 0 Å². The Balaban J connectivity index is 1.65. The molecular formula is C18H20N4. The number of aromatic amines is 1. The lowest BCUT2D eigenvalue weighted by atomic mass is 9.90. The maximum atomic E-state index is 4.54. The van der Waals surface area contributed by atoms with E-state index in [2.05, 4.69) is 57.1 Å². The fourth-order valence-electron chi connectivity index (χ4n) is 3.48. The average Bonchev–Trinajstić information content (AvgIpc) is 3.03. The number of hydrogen-bond acceptors (Lipinski definition) is 3. The standard InChI is InChI=1S/C18H20N4/c1-13-4-2-5-14(10-13)15-6-3-9-22(11-15)18-16-7-8-19-17(16)20-12-21-18/h2,4-5,7-8,10,12,15H,3,6,9,11H2,1H3,(H,19,20,21). The lowest BCUT2D eigenvalue weighted by Crippen LogP contribution is -2.35. The first kappa shape index (κ1) is 13.3. The normalized spacial score (nSPS) is 18.8. The van der Waals surface area contributed by atoms with Gasteiger partial charge in [0.25, 0.3) is 0 Å². The summed E-state index contributed by atoms with van der Waals surface area (Å²) >= 11 is 0. The van der Waals surface area contributed by atoms with Gasteiger partial charge in [-0.1, -0.05) is 29.8 Å². The lowest BCUT2D eigenvalue weighted by molar-refractivity contribution is 0.508. The molecule has 0 saturated carbocycles. The minimum absolute atomic E-state index is 0.581. The molecule has 1 aliphatic rings. The first-order valence-electron chi connectivity index (χ1n) is 7.91. The van der Waals surface area contributed by atoms with Crippen LogP contribution in [0.25, 0.3) is 11.0 Å². The van der Waals surface area contributed by atoms with Crippen molar-refractivity contribution in [3.05, 3.63) is 54.0 Å². The zero-order chi connectivity index (χ0) is 14.9. The Morgan fingerprint density at radius 2 is 2.18 bits per heavy atom. The van der Waals surface area contributed by atoms with Crippen LogP contribution in [0, 0.1) is 6.92 Å². The van der Waals surface area contributed by atoms with E-state index in [1.54, 1.807) is 6.33 Å². The quantitative estimate of drug-likeness (QED) is 0.784. The average molecular weight is 292 g/mol. The molecule has 0 spiro atoms. The molecule has 0 radical (unpaired) electrons. The van der Waals surface area contributed by atoms with Gasteiger partial charge in [-0.25, -0.2) is 9.97 Å². The summed E-state index contributed by atoms with van der Waals surface area (Å²) in [4.78, 5) is 14.4. The molecule has 1 aliphatic heterocycles. The van der Waals surface area contributed by atoms with E-state index in [9.17, 15) is 0 Å². The summed E-state index contributed by atoms with van der Waals surface area (Å²) in [5.74, 6) is 1.64. The minimum atomic E-state index is 0.581. The third-order valence-corrected chi connectivity index (χ3v) is 4.57. The monoisotopic (exact) mass is 292 g/mol. The van der Waals surface area contributed by atoms with Crippen molar-refractivity contribution >= 4 is 16.9 Å². The molecule has 4 nitrogen and oxygen atoms in total. The molecule has 1 fully saturated rings. The number of aryl methyl sites for hydroxylation is 1. The molecule has 22 heavy (non-hydrogen) atoms. The van der Waals surface area contributed by atoms with E-state index < -0.39 is 0 Å². The molecule has 4 rings (SSSR count). The Kier molecular flexibility index (Phi) is 3.29. The summed E-state index contributed by atoms with van der Waals surface area (Å²) in [6, 6.07) is 11.0. The SMILES string of the molecule is Cc1cccc(C2CCCN(c3ncnc4[nH]ccc34)C2)c1. The number of H-pyrrole nitrogens is 1. The number of nitrogens with zero attached hydrogens (tertiary/aromatic N) is 3. The third-order valence-electron chi connectivity index (χ3n) is 4.57. The smallest absolute Gasteiger partial charge is 0.142 e. The van der Waals surface area contributed by atoms with Crippen molar-refractivity contribution in [2.75, 3.05) is 18.0 Å². The van der Waals surface area contributed by atoms with Gasteiger partial charge in [-0.2, -0.15) is 0 Å². The number of anilines is 1. The van der Waals surface area contributed by atoms with Gasteiger partial charge in [0.1, 0.15) is 17.8 Å². The summed E-state index contributed by atoms with van der Waals surface area (Å²) in [5, 5.41) is 1.12. The number of rotatable bonds is 2. The molecule has 112 valence electrons. The highest BCUT2D eigenvalue weighted by atomic mass is 15.2. The van der Waals surface area contributed by atoms with E-state index in [0.717, 1.165) is 29.9 Å². The van der Waals surface area contributed by atoms with Crippen molar-refractivity contribution in [3.63, 3.8) is 0 Å². The second-order valence-electron chi connectivity index (χ2n) is 6.14. The predicted octanol–water partition coefficient (Wildman–Crippen LogP) is 3.65. The van der Waals surface area contributed by atoms with Gasteiger partial charge in [0.15, 0.2) is 0 Å². The fraction of sp³-hybridized carbons (Fsp3) is 0.333. The summed E-state index contributed by atoms with van der Waals surface area (Å²) in [6.07, 6.45) is 6.05. The van der Waals surface area contributed by atoms with Crippen LogP contribution in [0.1, 0.15) is 29.9 Å². The van der Waals surface area contributed by atoms with Crippen molar-refractivity contribution in [3.8, 4) is 0 Å². The zero-order valence-corrected chi connectivity index (χ0v) is 12.8. The molecule has 0 amide bonds. The Morgan fingerprint density at radius 1 is 1.23 bits per heavy atom. The molecule has 0 aliphatic carbocycles. The summed E-state index contributed by atoms with van der Waals surface area (Å²) in [7, 11) is 0. The first-order chi connectivity index (χ1) is 10.8. The van der Waals surface area contributed by atoms with Crippen molar-refractivity contribution in [1.29, 1.82) is 0 Å². The maximum absolute atomic E-state index is 4.54. The highest BCUT2D eigenvalue weighted by Gasteiger charge is 2.23. The van der Waals surface area contributed by atoms with E-state index in [1.165, 1.54) is 24.0 Å². The molecule has 1 atom stereocenters. The van der Waals surface area contributed by atoms with E-state index >= 15 is 0 Å². The Bertz CT molecular complexity index is 792. The van der Waals surface area contributed by atoms with Crippen molar-refractivity contribution in [2.45, 2.75) is 25.7 Å². The molecule has 1 unspecified atom stereocenters. The maximum Gasteiger partial charge on any atom is 0.142 e. The third kappa shape index (κ3) is 2.34. The van der Waals surface area contributed by atoms with Crippen LogP contribution in [0.3, 0.4) is 0 Å². The second kappa shape index (κ2) is 5.44. The number of aromatic nitrogens is 3. The first-order valence-corrected chi connectivity index (χ1v) is 7.91. The predicted molar refractivity (Wildman–Crippen MR) is 89.3 cm³/mol. The van der Waals surface area contributed by atoms with Crippen LogP contribution in [-0.4, -0.2) is 28.0 Å². The van der Waals surface area contributed by atoms with E-state index in [1.807, 2.05) is 6.20 Å². The van der Waals surface area contributed by atoms with Gasteiger partial charge >= 0.3 is 0 Å². The van der Waals surface area contributed by atoms with Gasteiger partial charge < -0.3 is 9.88 Å². The van der Waals surface area contributed by atoms with Crippen LogP contribution >= 0.6 is 0 Å². The van der Waals surface area contributed by atoms with E-state index in [4.69, 9.17) is 0 Å². The molecule has 3 aromatic rings. The van der Waals surface area contributed by atoms with Gasteiger partial charge in [-0.15, -0.1) is 0 Å². The number of nitrogens with one attached hydrogen (secondary N) is 1. The van der Waals surface area contributed by atoms with Crippen LogP contribution in [-0.2, 0) is 0 Å². The number of piperidine rings is 1. The number of fused-ring (bicyclic) bond motifs is 1. The Hall–Kier alpha value is -2.36. The van der Waals surface area contributed by atoms with Crippen LogP contribution < -0.4 is 4.90 Å². The highest BCUT2D eigenvalue weighted by molar-refractivity contribution is 5.87. The topological polar surface area (TPSA) is 44.8 Å². The molecular weight excluding hydrogens is 272 g/mol. The lowest BCUT2D eigenvalue weighted by Gasteiger charge is -2.34. The van der Waals surface area contributed by atoms with Crippen molar-refractivity contribution in [2.24, 2.45) is 0 Å². The van der Waals surface area contributed by atoms with Gasteiger partial charge in [-0.3, -0.25) is 0 Å². The highest BCUT2D eigenvalue weighted by Crippen LogP contribution is 2.31. The summed E-state index contributed by atoms with van der Waals surface area (Å²) in [5.41, 5.74) is 3.71. The van der Waals surface area contributed by atoms with Gasteiger partial charge in [-0.05, 0) is 31.4 Å². The molecule has 1 N–H and O–H groups in total. The largest absolute Gasteiger partial charge is 0.355 e. The Labute approximate surface area is 130 Å². The van der Waals surface area contributed by atoms with Gasteiger partial charge in [0.2, 0.25) is 0 Å². The fourth-order valence-corrected chi connectivity index (χ4v) is 3.48. The van der Waals surface area contributed by atoms with Gasteiger partial charge in [0, 0.05) is 25.2 Å². The minimum Gasteiger partial charge on any atom is -0.355 e. The van der Waals surface area contributed by atoms with Crippen molar-refractivity contribution < 1.29 is 0 Å². The number of benzene rings is 1. The van der Waals surface area contributed by atoms with E-state index in [-0.39, 0.29) is 0 Å². The van der Waals surface area contributed by atoms with Gasteiger partial charge in [0.05, 0.1) is 5.39 Å². The zero-order valence-electron chi connectivity index (χ0n) is 12.8. The van der Waals surface area contributed by atoms with Crippen LogP contribution in [0.4, 0.5) is 5.82 Å². The molecule has 1 aromatic carbocycles. The number of hydrogen-bond donors (Lipinski definition) is 1. The second-order valence-corrected chi connectivity index (χ2v) is 6.14. The van der Waals surface area contributed by atoms with Crippen LogP contribution in [0.5, 0.6) is 0 Å².